The van der Waals surface area contributed by atoms with Crippen LogP contribution in [0.1, 0.15) is 38.2 Å². The Hall–Kier alpha value is -0.770. The van der Waals surface area contributed by atoms with Gasteiger partial charge in [0.1, 0.15) is 0 Å². The van der Waals surface area contributed by atoms with Crippen molar-refractivity contribution in [2.24, 2.45) is 0 Å². The molecule has 1 rings (SSSR count). The van der Waals surface area contributed by atoms with Crippen molar-refractivity contribution >= 4 is 17.3 Å². The van der Waals surface area contributed by atoms with E-state index < -0.39 is 6.10 Å². The molecule has 0 heterocycles. The second-order valence-electron chi connectivity index (χ2n) is 5.10. The Labute approximate surface area is 127 Å². The molecule has 1 aromatic rings. The van der Waals surface area contributed by atoms with Crippen molar-refractivity contribution in [3.05, 3.63) is 28.8 Å². The number of hydrogen-bond acceptors (Lipinski definition) is 3. The number of hydrogen-bond donors (Lipinski definition) is 2. The first-order valence-electron chi connectivity index (χ1n) is 7.40. The van der Waals surface area contributed by atoms with Crippen LogP contribution in [0.5, 0.6) is 0 Å². The van der Waals surface area contributed by atoms with Crippen LogP contribution in [0.25, 0.3) is 0 Å². The maximum atomic E-state index is 9.86. The zero-order valence-electron chi connectivity index (χ0n) is 12.5. The molecule has 0 aromatic heterocycles. The molecule has 0 saturated heterocycles. The smallest absolute Gasteiger partial charge is 0.0945 e. The van der Waals surface area contributed by atoms with Crippen LogP contribution in [-0.4, -0.2) is 31.0 Å². The minimum Gasteiger partial charge on any atom is -0.389 e. The molecule has 0 aliphatic heterocycles. The number of anilines is 1. The summed E-state index contributed by atoms with van der Waals surface area (Å²) in [5.41, 5.74) is 1.96. The SMILES string of the molecule is CCCCCCOCC(O)CNc1c(C)cccc1Cl. The van der Waals surface area contributed by atoms with Gasteiger partial charge in [-0.25, -0.2) is 0 Å². The maximum absolute atomic E-state index is 9.86. The van der Waals surface area contributed by atoms with Gasteiger partial charge >= 0.3 is 0 Å². The van der Waals surface area contributed by atoms with Crippen LogP contribution in [0.4, 0.5) is 5.69 Å². The van der Waals surface area contributed by atoms with Gasteiger partial charge in [0, 0.05) is 13.2 Å². The number of para-hydroxylation sites is 1. The largest absolute Gasteiger partial charge is 0.389 e. The van der Waals surface area contributed by atoms with Gasteiger partial charge in [-0.2, -0.15) is 0 Å². The Morgan fingerprint density at radius 1 is 1.30 bits per heavy atom. The van der Waals surface area contributed by atoms with Gasteiger partial charge in [0.2, 0.25) is 0 Å². The van der Waals surface area contributed by atoms with Gasteiger partial charge in [-0.05, 0) is 25.0 Å². The summed E-state index contributed by atoms with van der Waals surface area (Å²) in [6.07, 6.45) is 4.22. The molecule has 1 atom stereocenters. The normalized spacial score (nSPS) is 12.4. The summed E-state index contributed by atoms with van der Waals surface area (Å²) < 4.78 is 5.47. The molecular formula is C16H26ClNO2. The molecule has 20 heavy (non-hydrogen) atoms. The van der Waals surface area contributed by atoms with Gasteiger partial charge in [-0.1, -0.05) is 49.9 Å². The van der Waals surface area contributed by atoms with Crippen LogP contribution in [0.15, 0.2) is 18.2 Å². The van der Waals surface area contributed by atoms with Crippen molar-refractivity contribution in [2.75, 3.05) is 25.1 Å². The highest BCUT2D eigenvalue weighted by Crippen LogP contribution is 2.24. The summed E-state index contributed by atoms with van der Waals surface area (Å²) in [4.78, 5) is 0. The third-order valence-corrected chi connectivity index (χ3v) is 3.50. The zero-order chi connectivity index (χ0) is 14.8. The van der Waals surface area contributed by atoms with E-state index in [2.05, 4.69) is 12.2 Å². The molecule has 1 aromatic carbocycles. The van der Waals surface area contributed by atoms with Gasteiger partial charge in [0.15, 0.2) is 0 Å². The standard InChI is InChI=1S/C16H26ClNO2/c1-3-4-5-6-10-20-12-14(19)11-18-16-13(2)8-7-9-15(16)17/h7-9,14,18-19H,3-6,10-12H2,1-2H3. The summed E-state index contributed by atoms with van der Waals surface area (Å²) in [6, 6.07) is 5.75. The lowest BCUT2D eigenvalue weighted by Crippen LogP contribution is -2.25. The molecule has 1 unspecified atom stereocenters. The minimum atomic E-state index is -0.517. The fraction of sp³-hybridized carbons (Fsp3) is 0.625. The van der Waals surface area contributed by atoms with Gasteiger partial charge in [-0.15, -0.1) is 0 Å². The van der Waals surface area contributed by atoms with Crippen LogP contribution in [0, 0.1) is 6.92 Å². The predicted molar refractivity (Wildman–Crippen MR) is 85.6 cm³/mol. The van der Waals surface area contributed by atoms with Crippen LogP contribution in [0.2, 0.25) is 5.02 Å². The Kier molecular flexibility index (Phi) is 8.67. The molecule has 0 radical (unpaired) electrons. The predicted octanol–water partition coefficient (Wildman–Crippen LogP) is 4.02. The summed E-state index contributed by atoms with van der Waals surface area (Å²) in [5.74, 6) is 0. The summed E-state index contributed by atoms with van der Waals surface area (Å²) in [6.45, 7) is 5.71. The van der Waals surface area contributed by atoms with Crippen molar-refractivity contribution in [1.82, 2.24) is 0 Å². The lowest BCUT2D eigenvalue weighted by Gasteiger charge is -2.15. The molecule has 0 fully saturated rings. The molecule has 0 amide bonds. The maximum Gasteiger partial charge on any atom is 0.0945 e. The highest BCUT2D eigenvalue weighted by molar-refractivity contribution is 6.33. The number of nitrogens with one attached hydrogen (secondary N) is 1. The fourth-order valence-electron chi connectivity index (χ4n) is 1.98. The Bertz CT molecular complexity index is 364. The number of benzene rings is 1. The first kappa shape index (κ1) is 17.3. The average Bonchev–Trinajstić information content (AvgIpc) is 2.42. The number of aliphatic hydroxyl groups is 1. The second kappa shape index (κ2) is 10.0. The van der Waals surface area contributed by atoms with Gasteiger partial charge in [0.25, 0.3) is 0 Å². The Balaban J connectivity index is 2.18. The highest BCUT2D eigenvalue weighted by Gasteiger charge is 2.07. The van der Waals surface area contributed by atoms with E-state index in [1.165, 1.54) is 19.3 Å². The summed E-state index contributed by atoms with van der Waals surface area (Å²) in [5, 5.41) is 13.7. The Morgan fingerprint density at radius 2 is 2.10 bits per heavy atom. The average molecular weight is 300 g/mol. The van der Waals surface area contributed by atoms with Crippen molar-refractivity contribution in [1.29, 1.82) is 0 Å². The van der Waals surface area contributed by atoms with Gasteiger partial charge in [0.05, 0.1) is 23.4 Å². The summed E-state index contributed by atoms with van der Waals surface area (Å²) >= 11 is 6.11. The molecule has 0 aliphatic rings. The zero-order valence-corrected chi connectivity index (χ0v) is 13.2. The van der Waals surface area contributed by atoms with Crippen LogP contribution in [-0.2, 0) is 4.74 Å². The third kappa shape index (κ3) is 6.60. The van der Waals surface area contributed by atoms with E-state index in [0.29, 0.717) is 18.2 Å². The number of aliphatic hydroxyl groups excluding tert-OH is 1. The van der Waals surface area contributed by atoms with Crippen molar-refractivity contribution in [3.8, 4) is 0 Å². The second-order valence-corrected chi connectivity index (χ2v) is 5.51. The van der Waals surface area contributed by atoms with Crippen LogP contribution < -0.4 is 5.32 Å². The van der Waals surface area contributed by atoms with E-state index in [0.717, 1.165) is 24.3 Å². The first-order valence-corrected chi connectivity index (χ1v) is 7.77. The van der Waals surface area contributed by atoms with Crippen LogP contribution >= 0.6 is 11.6 Å². The molecule has 0 saturated carbocycles. The topological polar surface area (TPSA) is 41.5 Å². The molecule has 0 bridgehead atoms. The minimum absolute atomic E-state index is 0.364. The highest BCUT2D eigenvalue weighted by atomic mass is 35.5. The van der Waals surface area contributed by atoms with Gasteiger partial charge in [-0.3, -0.25) is 0 Å². The molecule has 0 spiro atoms. The van der Waals surface area contributed by atoms with E-state index in [1.54, 1.807) is 0 Å². The van der Waals surface area contributed by atoms with E-state index in [-0.39, 0.29) is 0 Å². The molecule has 2 N–H and O–H groups in total. The number of unbranched alkanes of at least 4 members (excludes halogenated alkanes) is 3. The molecule has 4 heteroatoms. The number of rotatable bonds is 10. The van der Waals surface area contributed by atoms with Crippen molar-refractivity contribution in [3.63, 3.8) is 0 Å². The van der Waals surface area contributed by atoms with Gasteiger partial charge < -0.3 is 15.2 Å². The van der Waals surface area contributed by atoms with E-state index in [4.69, 9.17) is 16.3 Å². The lowest BCUT2D eigenvalue weighted by atomic mass is 10.2. The lowest BCUT2D eigenvalue weighted by molar-refractivity contribution is 0.0416. The molecular weight excluding hydrogens is 274 g/mol. The summed E-state index contributed by atoms with van der Waals surface area (Å²) in [7, 11) is 0. The van der Waals surface area contributed by atoms with E-state index in [1.807, 2.05) is 25.1 Å². The van der Waals surface area contributed by atoms with Crippen molar-refractivity contribution in [2.45, 2.75) is 45.6 Å². The monoisotopic (exact) mass is 299 g/mol. The van der Waals surface area contributed by atoms with E-state index in [9.17, 15) is 5.11 Å². The molecule has 114 valence electrons. The Morgan fingerprint density at radius 3 is 2.80 bits per heavy atom. The van der Waals surface area contributed by atoms with Crippen molar-refractivity contribution < 1.29 is 9.84 Å². The molecule has 3 nitrogen and oxygen atoms in total. The first-order chi connectivity index (χ1) is 9.65. The van der Waals surface area contributed by atoms with E-state index >= 15 is 0 Å². The molecule has 0 aliphatic carbocycles. The quantitative estimate of drug-likeness (QED) is 0.641. The fourth-order valence-corrected chi connectivity index (χ4v) is 2.27. The number of aryl methyl sites for hydroxylation is 1. The number of ether oxygens (including phenoxy) is 1. The van der Waals surface area contributed by atoms with Crippen LogP contribution in [0.3, 0.4) is 0 Å². The number of halogens is 1. The third-order valence-electron chi connectivity index (χ3n) is 3.19.